The summed E-state index contributed by atoms with van der Waals surface area (Å²) in [5.74, 6) is -3.13. The minimum absolute atomic E-state index is 0.313. The van der Waals surface area contributed by atoms with Crippen molar-refractivity contribution in [3.05, 3.63) is 95.1 Å². The maximum atomic E-state index is 14.4. The van der Waals surface area contributed by atoms with Crippen molar-refractivity contribution in [3.63, 3.8) is 0 Å². The summed E-state index contributed by atoms with van der Waals surface area (Å²) in [6.07, 6.45) is 1.65. The number of hydrazone groups is 1. The molecule has 3 aromatic rings. The highest BCUT2D eigenvalue weighted by Gasteiger charge is 2.75. The van der Waals surface area contributed by atoms with E-state index in [0.717, 1.165) is 5.56 Å². The molecule has 0 saturated carbocycles. The molecule has 9 nitrogen and oxygen atoms in total. The van der Waals surface area contributed by atoms with Gasteiger partial charge >= 0.3 is 11.9 Å². The van der Waals surface area contributed by atoms with E-state index in [1.54, 1.807) is 74.0 Å². The minimum atomic E-state index is -1.93. The first-order valence-corrected chi connectivity index (χ1v) is 12.9. The summed E-state index contributed by atoms with van der Waals surface area (Å²) in [4.78, 5) is 42.9. The van der Waals surface area contributed by atoms with Crippen LogP contribution in [0, 0.1) is 5.41 Å². The van der Waals surface area contributed by atoms with Gasteiger partial charge in [-0.05, 0) is 53.1 Å². The fraction of sp³-hybridized carbons (Fsp3) is 0.290. The number of hydrogen-bond acceptors (Lipinski definition) is 9. The van der Waals surface area contributed by atoms with Crippen molar-refractivity contribution in [3.8, 4) is 11.5 Å². The van der Waals surface area contributed by atoms with Gasteiger partial charge in [0.1, 0.15) is 23.6 Å². The number of esters is 2. The lowest BCUT2D eigenvalue weighted by Crippen LogP contribution is -2.58. The highest BCUT2D eigenvalue weighted by molar-refractivity contribution is 6.09. The normalized spacial score (nSPS) is 23.6. The van der Waals surface area contributed by atoms with Crippen LogP contribution in [0.15, 0.2) is 77.9 Å². The zero-order chi connectivity index (χ0) is 28.2. The molecule has 3 aliphatic heterocycles. The van der Waals surface area contributed by atoms with E-state index in [-0.39, 0.29) is 5.78 Å². The zero-order valence-corrected chi connectivity index (χ0v) is 22.5. The molecular weight excluding hydrogens is 512 g/mol. The molecule has 2 saturated heterocycles. The molecule has 40 heavy (non-hydrogen) atoms. The summed E-state index contributed by atoms with van der Waals surface area (Å²) in [5, 5.41) is 6.26. The van der Waals surface area contributed by atoms with Crippen LogP contribution in [-0.2, 0) is 19.1 Å². The lowest BCUT2D eigenvalue weighted by Gasteiger charge is -2.44. The van der Waals surface area contributed by atoms with E-state index in [9.17, 15) is 14.4 Å². The quantitative estimate of drug-likeness (QED) is 0.269. The number of rotatable bonds is 5. The molecule has 0 N–H and O–H groups in total. The van der Waals surface area contributed by atoms with Crippen LogP contribution in [0.1, 0.15) is 52.9 Å². The van der Waals surface area contributed by atoms with Crippen molar-refractivity contribution in [2.45, 2.75) is 37.6 Å². The smallest absolute Gasteiger partial charge is 0.330 e. The third-order valence-electron chi connectivity index (χ3n) is 7.88. The van der Waals surface area contributed by atoms with Gasteiger partial charge in [-0.25, -0.2) is 0 Å². The number of cyclic esters (lactones) is 2. The molecule has 3 heterocycles. The number of fused-ring (bicyclic) bond motifs is 4. The first-order valence-electron chi connectivity index (χ1n) is 12.9. The number of hydrogen-bond donors (Lipinski definition) is 0. The van der Waals surface area contributed by atoms with E-state index < -0.39 is 41.1 Å². The number of nitrogens with zero attached hydrogens (tertiary/aromatic N) is 2. The molecule has 1 spiro atoms. The Hall–Kier alpha value is -4.66. The van der Waals surface area contributed by atoms with E-state index in [4.69, 9.17) is 18.9 Å². The summed E-state index contributed by atoms with van der Waals surface area (Å²) < 4.78 is 22.2. The number of methoxy groups -OCH3 is 2. The average Bonchev–Trinajstić information content (AvgIpc) is 3.28. The first kappa shape index (κ1) is 25.6. The average molecular weight is 541 g/mol. The largest absolute Gasteiger partial charge is 0.497 e. The molecule has 204 valence electrons. The number of benzene rings is 3. The van der Waals surface area contributed by atoms with E-state index in [0.29, 0.717) is 28.2 Å². The van der Waals surface area contributed by atoms with Crippen molar-refractivity contribution >= 4 is 23.9 Å². The molecule has 0 unspecified atom stereocenters. The number of Topliss-reactive ketones (excluding diaryl/α,β-unsaturated/α-hetero) is 1. The highest BCUT2D eigenvalue weighted by atomic mass is 16.7. The Kier molecular flexibility index (Phi) is 5.90. The molecule has 9 heteroatoms. The predicted molar refractivity (Wildman–Crippen MR) is 144 cm³/mol. The SMILES string of the molecule is COc1ccc(C(=O)[C@H]2[C@H](c3ccc(OC)cc3)C3(C(=O)OC(C)(C)OC3=O)[C@H]3c4ccccc4C=NN23)cc1. The predicted octanol–water partition coefficient (Wildman–Crippen LogP) is 4.27. The standard InChI is InChI=1S/C31H28N2O7/c1-30(2)39-28(35)31(29(36)40-30)24(18-9-13-21(37-3)14-10-18)25(26(34)19-11-15-22(38-4)16-12-19)33-27(31)23-8-6-5-7-20(23)17-32-33/h5-17,24-25,27H,1-4H3/t24-,25+,27+/m0/s1. The van der Waals surface area contributed by atoms with Gasteiger partial charge in [0.2, 0.25) is 5.41 Å². The molecule has 3 aromatic carbocycles. The van der Waals surface area contributed by atoms with Crippen molar-refractivity contribution in [2.75, 3.05) is 14.2 Å². The Morgan fingerprint density at radius 3 is 2.02 bits per heavy atom. The Labute approximate surface area is 231 Å². The molecule has 0 aromatic heterocycles. The Morgan fingerprint density at radius 2 is 1.43 bits per heavy atom. The molecule has 0 amide bonds. The van der Waals surface area contributed by atoms with Crippen molar-refractivity contribution in [2.24, 2.45) is 10.5 Å². The summed E-state index contributed by atoms with van der Waals surface area (Å²) in [6, 6.07) is 19.1. The molecule has 0 radical (unpaired) electrons. The molecular formula is C31H28N2O7. The molecule has 3 aliphatic rings. The van der Waals surface area contributed by atoms with E-state index in [1.807, 2.05) is 24.3 Å². The monoisotopic (exact) mass is 540 g/mol. The highest BCUT2D eigenvalue weighted by Crippen LogP contribution is 2.63. The Bertz CT molecular complexity index is 1510. The van der Waals surface area contributed by atoms with E-state index in [1.165, 1.54) is 13.8 Å². The van der Waals surface area contributed by atoms with Gasteiger partial charge in [0, 0.05) is 25.3 Å². The number of ketones is 1. The lowest BCUT2D eigenvalue weighted by molar-refractivity contribution is -0.254. The molecule has 3 atom stereocenters. The molecule has 2 fully saturated rings. The second-order valence-corrected chi connectivity index (χ2v) is 10.5. The number of ether oxygens (including phenoxy) is 4. The summed E-state index contributed by atoms with van der Waals surface area (Å²) in [5.41, 5.74) is 0.440. The van der Waals surface area contributed by atoms with E-state index >= 15 is 0 Å². The van der Waals surface area contributed by atoms with Crippen LogP contribution in [0.3, 0.4) is 0 Å². The molecule has 0 bridgehead atoms. The van der Waals surface area contributed by atoms with Gasteiger partial charge in [0.25, 0.3) is 5.79 Å². The number of carbonyl (C=O) groups is 3. The van der Waals surface area contributed by atoms with Crippen LogP contribution in [0.25, 0.3) is 0 Å². The van der Waals surface area contributed by atoms with Crippen LogP contribution in [-0.4, -0.2) is 55.0 Å². The van der Waals surface area contributed by atoms with Gasteiger partial charge in [-0.15, -0.1) is 0 Å². The van der Waals surface area contributed by atoms with Gasteiger partial charge < -0.3 is 18.9 Å². The van der Waals surface area contributed by atoms with Crippen molar-refractivity contribution < 1.29 is 33.3 Å². The fourth-order valence-electron chi connectivity index (χ4n) is 6.12. The minimum Gasteiger partial charge on any atom is -0.497 e. The maximum Gasteiger partial charge on any atom is 0.330 e. The van der Waals surface area contributed by atoms with Crippen LogP contribution in [0.4, 0.5) is 0 Å². The molecule has 0 aliphatic carbocycles. The van der Waals surface area contributed by atoms with Gasteiger partial charge in [-0.2, -0.15) is 5.10 Å². The summed E-state index contributed by atoms with van der Waals surface area (Å²) in [6.45, 7) is 3.02. The second kappa shape index (κ2) is 9.22. The molecule has 6 rings (SSSR count). The zero-order valence-electron chi connectivity index (χ0n) is 22.5. The summed E-state index contributed by atoms with van der Waals surface area (Å²) in [7, 11) is 3.09. The fourth-order valence-corrected chi connectivity index (χ4v) is 6.12. The lowest BCUT2D eigenvalue weighted by atomic mass is 9.65. The second-order valence-electron chi connectivity index (χ2n) is 10.5. The third kappa shape index (κ3) is 3.68. The van der Waals surface area contributed by atoms with Crippen LogP contribution < -0.4 is 9.47 Å². The van der Waals surface area contributed by atoms with Crippen LogP contribution >= 0.6 is 0 Å². The Balaban J connectivity index is 1.62. The first-order chi connectivity index (χ1) is 19.2. The topological polar surface area (TPSA) is 104 Å². The third-order valence-corrected chi connectivity index (χ3v) is 7.88. The van der Waals surface area contributed by atoms with Crippen molar-refractivity contribution in [1.29, 1.82) is 0 Å². The van der Waals surface area contributed by atoms with Gasteiger partial charge in [0.15, 0.2) is 5.78 Å². The van der Waals surface area contributed by atoms with E-state index in [2.05, 4.69) is 5.10 Å². The van der Waals surface area contributed by atoms with Gasteiger partial charge in [-0.1, -0.05) is 36.4 Å². The van der Waals surface area contributed by atoms with Gasteiger partial charge in [-0.3, -0.25) is 19.4 Å². The Morgan fingerprint density at radius 1 is 0.850 bits per heavy atom. The van der Waals surface area contributed by atoms with Crippen molar-refractivity contribution in [1.82, 2.24) is 5.01 Å². The van der Waals surface area contributed by atoms with Crippen LogP contribution in [0.5, 0.6) is 11.5 Å². The summed E-state index contributed by atoms with van der Waals surface area (Å²) >= 11 is 0. The van der Waals surface area contributed by atoms with Gasteiger partial charge in [0.05, 0.1) is 20.4 Å². The van der Waals surface area contributed by atoms with Crippen LogP contribution in [0.2, 0.25) is 0 Å². The maximum absolute atomic E-state index is 14.4. The number of carbonyl (C=O) groups excluding carboxylic acids is 3.